The predicted molar refractivity (Wildman–Crippen MR) is 88.1 cm³/mol. The van der Waals surface area contributed by atoms with Crippen LogP contribution in [0.1, 0.15) is 0 Å². The number of methoxy groups -OCH3 is 1. The minimum atomic E-state index is -0.325. The highest BCUT2D eigenvalue weighted by atomic mass is 19.1. The predicted octanol–water partition coefficient (Wildman–Crippen LogP) is 3.62. The summed E-state index contributed by atoms with van der Waals surface area (Å²) < 4.78 is 18.4. The molecule has 0 saturated heterocycles. The molecule has 1 heterocycles. The number of halogens is 1. The smallest absolute Gasteiger partial charge is 0.227 e. The Labute approximate surface area is 133 Å². The van der Waals surface area contributed by atoms with E-state index < -0.39 is 0 Å². The molecule has 0 spiro atoms. The van der Waals surface area contributed by atoms with Crippen LogP contribution in [0.5, 0.6) is 5.75 Å². The van der Waals surface area contributed by atoms with E-state index in [1.807, 2.05) is 6.07 Å². The van der Waals surface area contributed by atoms with Crippen LogP contribution >= 0.6 is 0 Å². The quantitative estimate of drug-likeness (QED) is 0.720. The normalized spacial score (nSPS) is 10.3. The van der Waals surface area contributed by atoms with Crippen molar-refractivity contribution in [3.05, 3.63) is 60.5 Å². The standard InChI is InChI=1S/C17H15FN4O/c1-23-16-6-5-11(9-14(16)19)15-7-8-20-17(22-15)21-13-4-2-3-12(18)10-13/h2-10H,19H2,1H3,(H,20,21,22). The second-order valence-electron chi connectivity index (χ2n) is 4.86. The Kier molecular flexibility index (Phi) is 4.05. The molecule has 0 atom stereocenters. The average molecular weight is 310 g/mol. The van der Waals surface area contributed by atoms with E-state index >= 15 is 0 Å². The third kappa shape index (κ3) is 3.37. The van der Waals surface area contributed by atoms with Crippen molar-refractivity contribution in [1.82, 2.24) is 9.97 Å². The summed E-state index contributed by atoms with van der Waals surface area (Å²) in [7, 11) is 1.57. The molecule has 3 aromatic rings. The number of anilines is 3. The summed E-state index contributed by atoms with van der Waals surface area (Å²) in [5.41, 5.74) is 8.58. The molecule has 0 aliphatic heterocycles. The van der Waals surface area contributed by atoms with Crippen LogP contribution < -0.4 is 15.8 Å². The topological polar surface area (TPSA) is 73.1 Å². The number of aromatic nitrogens is 2. The van der Waals surface area contributed by atoms with E-state index in [9.17, 15) is 4.39 Å². The molecule has 5 nitrogen and oxygen atoms in total. The number of hydrogen-bond acceptors (Lipinski definition) is 5. The van der Waals surface area contributed by atoms with E-state index in [1.165, 1.54) is 12.1 Å². The van der Waals surface area contributed by atoms with Crippen LogP contribution in [0.2, 0.25) is 0 Å². The Hall–Kier alpha value is -3.15. The van der Waals surface area contributed by atoms with Gasteiger partial charge < -0.3 is 15.8 Å². The van der Waals surface area contributed by atoms with E-state index in [0.29, 0.717) is 28.8 Å². The average Bonchev–Trinajstić information content (AvgIpc) is 2.55. The molecule has 0 amide bonds. The van der Waals surface area contributed by atoms with Gasteiger partial charge >= 0.3 is 0 Å². The Morgan fingerprint density at radius 1 is 1.13 bits per heavy atom. The fourth-order valence-corrected chi connectivity index (χ4v) is 2.17. The van der Waals surface area contributed by atoms with Crippen LogP contribution in [0.3, 0.4) is 0 Å². The van der Waals surface area contributed by atoms with Crippen molar-refractivity contribution in [1.29, 1.82) is 0 Å². The summed E-state index contributed by atoms with van der Waals surface area (Å²) in [6.07, 6.45) is 1.63. The Morgan fingerprint density at radius 2 is 2.00 bits per heavy atom. The fourth-order valence-electron chi connectivity index (χ4n) is 2.17. The molecule has 0 aliphatic carbocycles. The maximum Gasteiger partial charge on any atom is 0.227 e. The minimum Gasteiger partial charge on any atom is -0.495 e. The van der Waals surface area contributed by atoms with Crippen LogP contribution in [-0.4, -0.2) is 17.1 Å². The minimum absolute atomic E-state index is 0.325. The molecule has 0 fully saturated rings. The van der Waals surface area contributed by atoms with Gasteiger partial charge in [0, 0.05) is 17.4 Å². The number of nitrogen functional groups attached to an aromatic ring is 1. The van der Waals surface area contributed by atoms with Crippen molar-refractivity contribution in [2.75, 3.05) is 18.2 Å². The van der Waals surface area contributed by atoms with E-state index in [-0.39, 0.29) is 5.82 Å². The summed E-state index contributed by atoms with van der Waals surface area (Å²) in [4.78, 5) is 8.57. The van der Waals surface area contributed by atoms with Gasteiger partial charge in [0.15, 0.2) is 0 Å². The van der Waals surface area contributed by atoms with Gasteiger partial charge in [-0.15, -0.1) is 0 Å². The Bertz CT molecular complexity index is 838. The summed E-state index contributed by atoms with van der Waals surface area (Å²) in [6.45, 7) is 0. The SMILES string of the molecule is COc1ccc(-c2ccnc(Nc3cccc(F)c3)n2)cc1N. The molecule has 0 aliphatic rings. The zero-order chi connectivity index (χ0) is 16.2. The van der Waals surface area contributed by atoms with E-state index in [1.54, 1.807) is 43.6 Å². The molecule has 3 N–H and O–H groups in total. The Morgan fingerprint density at radius 3 is 2.74 bits per heavy atom. The summed E-state index contributed by atoms with van der Waals surface area (Å²) in [6, 6.07) is 13.3. The Balaban J connectivity index is 1.89. The zero-order valence-corrected chi connectivity index (χ0v) is 12.5. The van der Waals surface area contributed by atoms with Crippen molar-refractivity contribution < 1.29 is 9.13 Å². The molecule has 0 unspecified atom stereocenters. The maximum atomic E-state index is 13.2. The molecule has 1 aromatic heterocycles. The monoisotopic (exact) mass is 310 g/mol. The van der Waals surface area contributed by atoms with Crippen molar-refractivity contribution in [2.45, 2.75) is 0 Å². The van der Waals surface area contributed by atoms with E-state index in [4.69, 9.17) is 10.5 Å². The first-order valence-corrected chi connectivity index (χ1v) is 6.95. The van der Waals surface area contributed by atoms with E-state index in [2.05, 4.69) is 15.3 Å². The van der Waals surface area contributed by atoms with Gasteiger partial charge in [-0.25, -0.2) is 14.4 Å². The first-order chi connectivity index (χ1) is 11.2. The number of nitrogens with two attached hydrogens (primary N) is 1. The van der Waals surface area contributed by atoms with Crippen molar-refractivity contribution in [2.24, 2.45) is 0 Å². The highest BCUT2D eigenvalue weighted by molar-refractivity contribution is 5.69. The van der Waals surface area contributed by atoms with Crippen LogP contribution in [0.4, 0.5) is 21.7 Å². The molecule has 23 heavy (non-hydrogen) atoms. The number of hydrogen-bond donors (Lipinski definition) is 2. The van der Waals surface area contributed by atoms with Gasteiger partial charge in [-0.2, -0.15) is 0 Å². The second kappa shape index (κ2) is 6.31. The summed E-state index contributed by atoms with van der Waals surface area (Å²) in [5.74, 6) is 0.664. The zero-order valence-electron chi connectivity index (χ0n) is 12.5. The van der Waals surface area contributed by atoms with Gasteiger partial charge in [0.2, 0.25) is 5.95 Å². The lowest BCUT2D eigenvalue weighted by Crippen LogP contribution is -1.99. The number of nitrogens with zero attached hydrogens (tertiary/aromatic N) is 2. The number of ether oxygens (including phenoxy) is 1. The first kappa shape index (κ1) is 14.8. The van der Waals surface area contributed by atoms with Crippen molar-refractivity contribution in [3.63, 3.8) is 0 Å². The third-order valence-electron chi connectivity index (χ3n) is 3.26. The lowest BCUT2D eigenvalue weighted by Gasteiger charge is -2.09. The molecular weight excluding hydrogens is 295 g/mol. The molecule has 0 radical (unpaired) electrons. The van der Waals surface area contributed by atoms with Gasteiger partial charge in [-0.05, 0) is 42.5 Å². The molecule has 6 heteroatoms. The van der Waals surface area contributed by atoms with Gasteiger partial charge in [0.25, 0.3) is 0 Å². The number of nitrogens with one attached hydrogen (secondary N) is 1. The van der Waals surface area contributed by atoms with Gasteiger partial charge in [-0.3, -0.25) is 0 Å². The first-order valence-electron chi connectivity index (χ1n) is 6.95. The van der Waals surface area contributed by atoms with Crippen LogP contribution in [0.25, 0.3) is 11.3 Å². The summed E-state index contributed by atoms with van der Waals surface area (Å²) in [5, 5.41) is 2.97. The molecule has 116 valence electrons. The maximum absolute atomic E-state index is 13.2. The van der Waals surface area contributed by atoms with E-state index in [0.717, 1.165) is 5.56 Å². The molecular formula is C17H15FN4O. The van der Waals surface area contributed by atoms with Crippen LogP contribution in [0, 0.1) is 5.82 Å². The number of rotatable bonds is 4. The van der Waals surface area contributed by atoms with Crippen molar-refractivity contribution in [3.8, 4) is 17.0 Å². The lowest BCUT2D eigenvalue weighted by molar-refractivity contribution is 0.417. The fraction of sp³-hybridized carbons (Fsp3) is 0.0588. The molecule has 2 aromatic carbocycles. The molecule has 0 saturated carbocycles. The van der Waals surface area contributed by atoms with Gasteiger partial charge in [-0.1, -0.05) is 6.07 Å². The lowest BCUT2D eigenvalue weighted by atomic mass is 10.1. The van der Waals surface area contributed by atoms with Crippen LogP contribution in [-0.2, 0) is 0 Å². The summed E-state index contributed by atoms with van der Waals surface area (Å²) >= 11 is 0. The van der Waals surface area contributed by atoms with Crippen LogP contribution in [0.15, 0.2) is 54.7 Å². The molecule has 0 bridgehead atoms. The molecule has 3 rings (SSSR count). The van der Waals surface area contributed by atoms with Crippen molar-refractivity contribution >= 4 is 17.3 Å². The third-order valence-corrected chi connectivity index (χ3v) is 3.26. The van der Waals surface area contributed by atoms with Gasteiger partial charge in [0.1, 0.15) is 11.6 Å². The second-order valence-corrected chi connectivity index (χ2v) is 4.86. The number of benzene rings is 2. The largest absolute Gasteiger partial charge is 0.495 e. The highest BCUT2D eigenvalue weighted by Gasteiger charge is 2.06. The van der Waals surface area contributed by atoms with Gasteiger partial charge in [0.05, 0.1) is 18.5 Å². The highest BCUT2D eigenvalue weighted by Crippen LogP contribution is 2.27.